The van der Waals surface area contributed by atoms with Crippen LogP contribution in [0.25, 0.3) is 0 Å². The molecule has 0 saturated carbocycles. The van der Waals surface area contributed by atoms with Crippen LogP contribution in [0, 0.1) is 0 Å². The number of hydrogen-bond donors (Lipinski definition) is 0. The maximum Gasteiger partial charge on any atom is 0.331 e. The van der Waals surface area contributed by atoms with Crippen molar-refractivity contribution in [3.05, 3.63) is 23.8 Å². The zero-order chi connectivity index (χ0) is 14.4. The summed E-state index contributed by atoms with van der Waals surface area (Å²) in [6, 6.07) is 4.97. The highest BCUT2D eigenvalue weighted by Crippen LogP contribution is 2.24. The van der Waals surface area contributed by atoms with E-state index in [1.54, 1.807) is 6.07 Å². The van der Waals surface area contributed by atoms with Crippen LogP contribution >= 0.6 is 0 Å². The number of hydrogen-bond acceptors (Lipinski definition) is 2. The van der Waals surface area contributed by atoms with E-state index in [-0.39, 0.29) is 10.3 Å². The van der Waals surface area contributed by atoms with Crippen LogP contribution in [0.1, 0.15) is 26.3 Å². The van der Waals surface area contributed by atoms with E-state index >= 15 is 0 Å². The van der Waals surface area contributed by atoms with E-state index in [0.717, 1.165) is 5.56 Å². The molecule has 0 spiro atoms. The maximum atomic E-state index is 13.3. The van der Waals surface area contributed by atoms with Gasteiger partial charge in [0.25, 0.3) is 0 Å². The van der Waals surface area contributed by atoms with Gasteiger partial charge in [0.2, 0.25) is 0 Å². The van der Waals surface area contributed by atoms with Gasteiger partial charge in [-0.1, -0.05) is 52.5 Å². The Labute approximate surface area is 110 Å². The topological polar surface area (TPSA) is 34.1 Å². The van der Waals surface area contributed by atoms with Gasteiger partial charge in [-0.3, -0.25) is 0 Å². The van der Waals surface area contributed by atoms with Gasteiger partial charge in [0, 0.05) is 0 Å². The minimum Gasteiger partial charge on any atom is -0.189 e. The van der Waals surface area contributed by atoms with Gasteiger partial charge < -0.3 is 0 Å². The van der Waals surface area contributed by atoms with Crippen molar-refractivity contribution >= 4 is 23.5 Å². The van der Waals surface area contributed by atoms with Gasteiger partial charge >= 0.3 is 10.2 Å². The predicted octanol–water partition coefficient (Wildman–Crippen LogP) is 3.19. The van der Waals surface area contributed by atoms with E-state index in [0.29, 0.717) is 5.19 Å². The van der Waals surface area contributed by atoms with Crippen molar-refractivity contribution in [2.24, 2.45) is 0 Å². The lowest BCUT2D eigenvalue weighted by molar-refractivity contribution is 0.552. The number of benzene rings is 1. The quantitative estimate of drug-likeness (QED) is 0.618. The lowest BCUT2D eigenvalue weighted by Crippen LogP contribution is -2.41. The summed E-state index contributed by atoms with van der Waals surface area (Å²) in [5.41, 5.74) is 0.958. The number of halogens is 1. The van der Waals surface area contributed by atoms with E-state index in [9.17, 15) is 12.3 Å². The minimum atomic E-state index is -4.64. The summed E-state index contributed by atoms with van der Waals surface area (Å²) < 4.78 is 35.8. The van der Waals surface area contributed by atoms with Crippen molar-refractivity contribution in [1.82, 2.24) is 0 Å². The summed E-state index contributed by atoms with van der Waals surface area (Å²) in [6.45, 7) is 12.2. The summed E-state index contributed by atoms with van der Waals surface area (Å²) in [7, 11) is -6.56. The Morgan fingerprint density at radius 2 is 1.61 bits per heavy atom. The summed E-state index contributed by atoms with van der Waals surface area (Å²) in [6.07, 6.45) is 0. The van der Waals surface area contributed by atoms with Crippen molar-refractivity contribution in [1.29, 1.82) is 0 Å². The predicted molar refractivity (Wildman–Crippen MR) is 76.4 cm³/mol. The van der Waals surface area contributed by atoms with Crippen LogP contribution in [-0.4, -0.2) is 16.5 Å². The fourth-order valence-corrected chi connectivity index (χ4v) is 5.04. The molecule has 18 heavy (non-hydrogen) atoms. The molecule has 0 aliphatic heterocycles. The Morgan fingerprint density at radius 1 is 1.11 bits per heavy atom. The molecule has 0 aliphatic carbocycles. The molecule has 0 bridgehead atoms. The molecule has 0 fully saturated rings. The lowest BCUT2D eigenvalue weighted by atomic mass is 9.87. The van der Waals surface area contributed by atoms with Crippen LogP contribution in [0.5, 0.6) is 0 Å². The van der Waals surface area contributed by atoms with Crippen LogP contribution in [0.3, 0.4) is 0 Å². The van der Waals surface area contributed by atoms with Crippen molar-refractivity contribution < 1.29 is 12.3 Å². The highest BCUT2D eigenvalue weighted by Gasteiger charge is 2.28. The first-order valence-corrected chi connectivity index (χ1v) is 10.8. The smallest absolute Gasteiger partial charge is 0.189 e. The zero-order valence-corrected chi connectivity index (χ0v) is 13.7. The van der Waals surface area contributed by atoms with Crippen LogP contribution in [0.4, 0.5) is 3.89 Å². The summed E-state index contributed by atoms with van der Waals surface area (Å²) >= 11 is 0. The first-order chi connectivity index (χ1) is 7.83. The van der Waals surface area contributed by atoms with Crippen molar-refractivity contribution in [2.75, 3.05) is 0 Å². The molecule has 1 aromatic carbocycles. The lowest BCUT2D eigenvalue weighted by Gasteiger charge is -2.25. The van der Waals surface area contributed by atoms with Crippen molar-refractivity contribution in [2.45, 2.75) is 50.7 Å². The third-order valence-electron chi connectivity index (χ3n) is 2.92. The molecule has 0 atom stereocenters. The van der Waals surface area contributed by atoms with Gasteiger partial charge in [-0.05, 0) is 22.2 Å². The van der Waals surface area contributed by atoms with Crippen molar-refractivity contribution in [3.8, 4) is 0 Å². The molecule has 0 amide bonds. The monoisotopic (exact) mass is 288 g/mol. The highest BCUT2D eigenvalue weighted by molar-refractivity contribution is 7.86. The second-order valence-electron chi connectivity index (χ2n) is 6.65. The van der Waals surface area contributed by atoms with E-state index in [1.807, 2.05) is 25.7 Å². The van der Waals surface area contributed by atoms with E-state index in [1.165, 1.54) is 6.07 Å². The normalized spacial score (nSPS) is 13.7. The van der Waals surface area contributed by atoms with Gasteiger partial charge in [0.1, 0.15) is 0 Å². The maximum absolute atomic E-state index is 13.3. The Morgan fingerprint density at radius 3 is 1.94 bits per heavy atom. The molecule has 5 heteroatoms. The average molecular weight is 288 g/mol. The molecule has 2 nitrogen and oxygen atoms in total. The van der Waals surface area contributed by atoms with Gasteiger partial charge in [-0.25, -0.2) is 0 Å². The fraction of sp³-hybridized carbons (Fsp3) is 0.538. The minimum absolute atomic E-state index is 0.0764. The van der Waals surface area contributed by atoms with E-state index in [2.05, 4.69) is 20.8 Å². The third kappa shape index (κ3) is 3.42. The van der Waals surface area contributed by atoms with Gasteiger partial charge in [0.05, 0.1) is 13.0 Å². The van der Waals surface area contributed by atoms with Gasteiger partial charge in [-0.15, -0.1) is 3.89 Å². The average Bonchev–Trinajstić information content (AvgIpc) is 2.12. The molecule has 0 saturated heterocycles. The Bertz CT molecular complexity index is 551. The second kappa shape index (κ2) is 4.45. The summed E-state index contributed by atoms with van der Waals surface area (Å²) in [4.78, 5) is -0.158. The standard InChI is InChI=1S/C13H21FO2SSi/c1-13(2,3)10-7-8-11(17(14,15)16)12(9-10)18(4,5)6/h7-9H,1-6H3. The molecule has 0 heterocycles. The Balaban J connectivity index is 3.61. The third-order valence-corrected chi connectivity index (χ3v) is 6.01. The second-order valence-corrected chi connectivity index (χ2v) is 13.0. The summed E-state index contributed by atoms with van der Waals surface area (Å²) in [5, 5.41) is 0.664. The van der Waals surface area contributed by atoms with Gasteiger partial charge in [-0.2, -0.15) is 8.42 Å². The van der Waals surface area contributed by atoms with Crippen molar-refractivity contribution in [3.63, 3.8) is 0 Å². The molecule has 0 N–H and O–H groups in total. The largest absolute Gasteiger partial charge is 0.331 e. The fourth-order valence-electron chi connectivity index (χ4n) is 1.80. The first kappa shape index (κ1) is 15.4. The zero-order valence-electron chi connectivity index (χ0n) is 11.8. The van der Waals surface area contributed by atoms with Gasteiger partial charge in [0.15, 0.2) is 0 Å². The number of rotatable bonds is 2. The molecule has 0 radical (unpaired) electrons. The Hall–Kier alpha value is -0.683. The Kier molecular flexibility index (Phi) is 3.80. The highest BCUT2D eigenvalue weighted by atomic mass is 32.3. The molecular weight excluding hydrogens is 267 g/mol. The molecular formula is C13H21FO2SSi. The van der Waals surface area contributed by atoms with Crippen LogP contribution in [-0.2, 0) is 15.6 Å². The molecule has 1 aromatic rings. The van der Waals surface area contributed by atoms with Crippen LogP contribution in [0.2, 0.25) is 19.6 Å². The summed E-state index contributed by atoms with van der Waals surface area (Å²) in [5.74, 6) is 0. The molecule has 0 aliphatic rings. The van der Waals surface area contributed by atoms with Crippen LogP contribution < -0.4 is 5.19 Å². The van der Waals surface area contributed by atoms with Crippen LogP contribution in [0.15, 0.2) is 23.1 Å². The molecule has 102 valence electrons. The van der Waals surface area contributed by atoms with E-state index in [4.69, 9.17) is 0 Å². The van der Waals surface area contributed by atoms with E-state index < -0.39 is 18.3 Å². The first-order valence-electron chi connectivity index (χ1n) is 5.93. The molecule has 0 unspecified atom stereocenters. The molecule has 0 aromatic heterocycles. The SMILES string of the molecule is CC(C)(C)c1ccc(S(=O)(=O)F)c([Si](C)(C)C)c1. The molecule has 1 rings (SSSR count).